The minimum absolute atomic E-state index is 0.199. The Balaban J connectivity index is 1.78. The number of nitrogens with one attached hydrogen (secondary N) is 2. The fourth-order valence-electron chi connectivity index (χ4n) is 3.33. The number of amides is 1. The number of benzene rings is 3. The third-order valence-electron chi connectivity index (χ3n) is 5.18. The molecule has 1 unspecified atom stereocenters. The Morgan fingerprint density at radius 1 is 1.03 bits per heavy atom. The van der Waals surface area contributed by atoms with Crippen molar-refractivity contribution in [2.45, 2.75) is 45.1 Å². The molecule has 3 aromatic rings. The lowest BCUT2D eigenvalue weighted by molar-refractivity contribution is 0.0694. The lowest BCUT2D eigenvalue weighted by Crippen LogP contribution is -2.38. The van der Waals surface area contributed by atoms with Crippen molar-refractivity contribution in [1.29, 1.82) is 0 Å². The van der Waals surface area contributed by atoms with Gasteiger partial charge < -0.3 is 15.1 Å². The van der Waals surface area contributed by atoms with Crippen molar-refractivity contribution in [3.63, 3.8) is 0 Å². The number of carbonyl (C=O) groups excluding carboxylic acids is 1. The van der Waals surface area contributed by atoms with Gasteiger partial charge in [0.15, 0.2) is 0 Å². The molecule has 3 rings (SSSR count). The fourth-order valence-corrected chi connectivity index (χ4v) is 5.12. The molecule has 1 atom stereocenters. The number of aliphatic hydroxyl groups is 1. The Morgan fingerprint density at radius 3 is 2.36 bits per heavy atom. The average molecular weight is 483 g/mol. The monoisotopic (exact) mass is 482 g/mol. The molecule has 3 N–H and O–H groups in total. The molecule has 0 aliphatic rings. The van der Waals surface area contributed by atoms with Gasteiger partial charge >= 0.3 is 0 Å². The molecule has 4 nitrogen and oxygen atoms in total. The van der Waals surface area contributed by atoms with Gasteiger partial charge in [0.1, 0.15) is 0 Å². The van der Waals surface area contributed by atoms with Gasteiger partial charge in [0.05, 0.1) is 5.60 Å². The minimum atomic E-state index is -0.944. The molecular formula is C27H31ClN2O2S. The summed E-state index contributed by atoms with van der Waals surface area (Å²) in [4.78, 5) is 13.5. The van der Waals surface area contributed by atoms with Crippen LogP contribution in [0.15, 0.2) is 65.6 Å². The van der Waals surface area contributed by atoms with E-state index in [4.69, 9.17) is 11.6 Å². The van der Waals surface area contributed by atoms with Crippen LogP contribution < -0.4 is 10.0 Å². The minimum Gasteiger partial charge on any atom is -0.389 e. The molecule has 3 aromatic carbocycles. The number of hydrogen-bond donors (Lipinski definition) is 3. The molecule has 0 spiro atoms. The lowest BCUT2D eigenvalue weighted by Gasteiger charge is -2.18. The summed E-state index contributed by atoms with van der Waals surface area (Å²) < 4.78 is 3.64. The van der Waals surface area contributed by atoms with Crippen LogP contribution in [0.25, 0.3) is 11.1 Å². The van der Waals surface area contributed by atoms with Gasteiger partial charge in [-0.3, -0.25) is 4.79 Å². The van der Waals surface area contributed by atoms with E-state index >= 15 is 0 Å². The van der Waals surface area contributed by atoms with Crippen LogP contribution in [0.5, 0.6) is 0 Å². The smallest absolute Gasteiger partial charge is 0.251 e. The summed E-state index contributed by atoms with van der Waals surface area (Å²) in [6.07, 6.45) is 0. The van der Waals surface area contributed by atoms with Gasteiger partial charge in [-0.15, -0.1) is 0 Å². The topological polar surface area (TPSA) is 61.4 Å². The normalized spacial score (nSPS) is 12.5. The molecule has 0 saturated carbocycles. The fraction of sp³-hybridized carbons (Fsp3) is 0.259. The molecule has 0 saturated heterocycles. The molecule has 0 bridgehead atoms. The van der Waals surface area contributed by atoms with E-state index in [0.717, 1.165) is 33.0 Å². The van der Waals surface area contributed by atoms with Crippen LogP contribution in [0.3, 0.4) is 0 Å². The SMILES string of the molecule is C/C=S(/Nc1cccc(-c2ccc(C(=O)NCC(C)(C)O)cc2)c1)c1cc(C)c(Cl)cc1C. The summed E-state index contributed by atoms with van der Waals surface area (Å²) in [6, 6.07) is 19.9. The predicted molar refractivity (Wildman–Crippen MR) is 143 cm³/mol. The number of halogens is 1. The maximum Gasteiger partial charge on any atom is 0.251 e. The first-order valence-electron chi connectivity index (χ1n) is 10.8. The van der Waals surface area contributed by atoms with Crippen LogP contribution in [0, 0.1) is 13.8 Å². The number of aryl methyl sites for hydroxylation is 2. The largest absolute Gasteiger partial charge is 0.389 e. The molecule has 0 fully saturated rings. The highest BCUT2D eigenvalue weighted by Gasteiger charge is 2.15. The second-order valence-corrected chi connectivity index (χ2v) is 10.9. The van der Waals surface area contributed by atoms with Crippen LogP contribution in [0.2, 0.25) is 5.02 Å². The number of rotatable bonds is 7. The first-order chi connectivity index (χ1) is 15.6. The lowest BCUT2D eigenvalue weighted by atomic mass is 10.0. The highest BCUT2D eigenvalue weighted by Crippen LogP contribution is 2.34. The Kier molecular flexibility index (Phi) is 8.01. The maximum absolute atomic E-state index is 12.3. The number of anilines is 1. The number of hydrogen-bond acceptors (Lipinski definition) is 3. The van der Waals surface area contributed by atoms with E-state index in [0.29, 0.717) is 5.56 Å². The summed E-state index contributed by atoms with van der Waals surface area (Å²) in [5.41, 5.74) is 4.96. The Morgan fingerprint density at radius 2 is 1.73 bits per heavy atom. The first kappa shape index (κ1) is 25.0. The van der Waals surface area contributed by atoms with E-state index in [1.165, 1.54) is 4.90 Å². The van der Waals surface area contributed by atoms with Crippen molar-refractivity contribution < 1.29 is 9.90 Å². The average Bonchev–Trinajstić information content (AvgIpc) is 2.78. The summed E-state index contributed by atoms with van der Waals surface area (Å²) in [7, 11) is -0.267. The van der Waals surface area contributed by atoms with E-state index < -0.39 is 5.60 Å². The summed E-state index contributed by atoms with van der Waals surface area (Å²) >= 11 is 6.29. The molecule has 0 heterocycles. The molecule has 0 aromatic heterocycles. The van der Waals surface area contributed by atoms with E-state index in [-0.39, 0.29) is 23.1 Å². The van der Waals surface area contributed by atoms with Crippen LogP contribution >= 0.6 is 22.3 Å². The van der Waals surface area contributed by atoms with Crippen LogP contribution in [-0.2, 0) is 0 Å². The molecule has 0 radical (unpaired) electrons. The maximum atomic E-state index is 12.3. The van der Waals surface area contributed by atoms with E-state index in [9.17, 15) is 9.90 Å². The Labute approximate surface area is 204 Å². The standard InChI is InChI=1S/C27H31ClN2O2S/c1-6-33(25-15-18(2)24(28)14-19(25)3)30-23-9-7-8-22(16-23)20-10-12-21(13-11-20)26(31)29-17-27(4,5)32/h6-16,30,32H,17H2,1-5H3,(H,29,31). The van der Waals surface area contributed by atoms with Gasteiger partial charge in [-0.1, -0.05) is 46.5 Å². The van der Waals surface area contributed by atoms with Crippen LogP contribution in [0.4, 0.5) is 5.69 Å². The van der Waals surface area contributed by atoms with Crippen LogP contribution in [-0.4, -0.2) is 28.5 Å². The van der Waals surface area contributed by atoms with Crippen molar-refractivity contribution in [2.24, 2.45) is 0 Å². The van der Waals surface area contributed by atoms with E-state index in [2.05, 4.69) is 53.5 Å². The second-order valence-electron chi connectivity index (χ2n) is 8.70. The third-order valence-corrected chi connectivity index (χ3v) is 7.43. The molecule has 0 aliphatic heterocycles. The third kappa shape index (κ3) is 6.70. The predicted octanol–water partition coefficient (Wildman–Crippen LogP) is 6.60. The molecule has 1 amide bonds. The summed E-state index contributed by atoms with van der Waals surface area (Å²) in [6.45, 7) is 9.69. The molecule has 33 heavy (non-hydrogen) atoms. The van der Waals surface area contributed by atoms with Crippen molar-refractivity contribution in [1.82, 2.24) is 5.32 Å². The molecule has 0 aliphatic carbocycles. The van der Waals surface area contributed by atoms with Gasteiger partial charge in [0.2, 0.25) is 0 Å². The van der Waals surface area contributed by atoms with Crippen molar-refractivity contribution in [3.05, 3.63) is 82.4 Å². The van der Waals surface area contributed by atoms with E-state index in [1.54, 1.807) is 26.0 Å². The van der Waals surface area contributed by atoms with Gasteiger partial charge in [-0.2, -0.15) is 0 Å². The molecular weight excluding hydrogens is 452 g/mol. The van der Waals surface area contributed by atoms with Crippen LogP contribution in [0.1, 0.15) is 42.3 Å². The van der Waals surface area contributed by atoms with Crippen molar-refractivity contribution in [2.75, 3.05) is 11.3 Å². The first-order valence-corrected chi connectivity index (χ1v) is 12.5. The zero-order valence-electron chi connectivity index (χ0n) is 19.7. The molecule has 174 valence electrons. The zero-order chi connectivity index (χ0) is 24.2. The summed E-state index contributed by atoms with van der Waals surface area (Å²) in [5, 5.41) is 15.5. The van der Waals surface area contributed by atoms with Gasteiger partial charge in [0, 0.05) is 27.7 Å². The van der Waals surface area contributed by atoms with E-state index in [1.807, 2.05) is 31.2 Å². The second kappa shape index (κ2) is 10.6. The highest BCUT2D eigenvalue weighted by molar-refractivity contribution is 8.16. The number of carbonyl (C=O) groups is 1. The van der Waals surface area contributed by atoms with Crippen molar-refractivity contribution in [3.8, 4) is 11.1 Å². The Hall–Kier alpha value is -2.60. The van der Waals surface area contributed by atoms with Gasteiger partial charge in [-0.05, 0) is 98.6 Å². The van der Waals surface area contributed by atoms with Gasteiger partial charge in [-0.25, -0.2) is 0 Å². The van der Waals surface area contributed by atoms with Gasteiger partial charge in [0.25, 0.3) is 5.91 Å². The summed E-state index contributed by atoms with van der Waals surface area (Å²) in [5.74, 6) is -0.199. The highest BCUT2D eigenvalue weighted by atomic mass is 35.5. The quantitative estimate of drug-likeness (QED) is 0.332. The molecule has 6 heteroatoms. The Bertz CT molecular complexity index is 1180. The zero-order valence-corrected chi connectivity index (χ0v) is 21.3. The van der Waals surface area contributed by atoms with Crippen molar-refractivity contribution >= 4 is 39.2 Å².